The number of hydrogen-bond donors (Lipinski definition) is 3. The number of hydrogen-bond acceptors (Lipinski definition) is 7. The van der Waals surface area contributed by atoms with Crippen molar-refractivity contribution in [2.75, 3.05) is 20.8 Å². The number of urea groups is 1. The Morgan fingerprint density at radius 2 is 1.62 bits per heavy atom. The van der Waals surface area contributed by atoms with E-state index in [1.165, 1.54) is 0 Å². The molecule has 6 aliphatic carbocycles. The van der Waals surface area contributed by atoms with E-state index in [2.05, 4.69) is 49.5 Å². The molecule has 3 N–H and O–H groups in total. The molecule has 0 saturated heterocycles. The van der Waals surface area contributed by atoms with Gasteiger partial charge in [0.2, 0.25) is 0 Å². The largest absolute Gasteiger partial charge is 0.497 e. The Labute approximate surface area is 345 Å². The van der Waals surface area contributed by atoms with Gasteiger partial charge in [0.15, 0.2) is 5.78 Å². The lowest BCUT2D eigenvalue weighted by atomic mass is 9.32. The molecular weight excluding hydrogens is 745 g/mol. The molecule has 4 aromatic rings. The van der Waals surface area contributed by atoms with Crippen molar-refractivity contribution in [3.63, 3.8) is 0 Å². The Bertz CT molecular complexity index is 2290. The fraction of sp³-hybridized carbons (Fsp3) is 0.469. The highest BCUT2D eigenvalue weighted by atomic mass is 32.1. The molecule has 9 atom stereocenters. The van der Waals surface area contributed by atoms with Gasteiger partial charge in [-0.05, 0) is 104 Å². The molecular formula is C49H56N2O6S. The van der Waals surface area contributed by atoms with Crippen LogP contribution in [0.3, 0.4) is 0 Å². The van der Waals surface area contributed by atoms with Crippen LogP contribution in [0.2, 0.25) is 0 Å². The maximum Gasteiger partial charge on any atom is 0.318 e. The summed E-state index contributed by atoms with van der Waals surface area (Å²) in [5.74, 6) is 1.45. The first-order valence-electron chi connectivity index (χ1n) is 21.0. The molecule has 9 unspecified atom stereocenters. The zero-order valence-corrected chi connectivity index (χ0v) is 35.1. The molecule has 10 rings (SSSR count). The molecule has 0 radical (unpaired) electrons. The highest BCUT2D eigenvalue weighted by molar-refractivity contribution is 7.21. The second kappa shape index (κ2) is 14.1. The molecule has 9 heteroatoms. The Morgan fingerprint density at radius 1 is 0.897 bits per heavy atom. The third-order valence-corrected chi connectivity index (χ3v) is 17.0. The van der Waals surface area contributed by atoms with Crippen molar-refractivity contribution >= 4 is 33.2 Å². The molecule has 304 valence electrons. The number of amides is 2. The summed E-state index contributed by atoms with van der Waals surface area (Å²) < 4.78 is 12.4. The van der Waals surface area contributed by atoms with E-state index in [9.17, 15) is 15.0 Å². The molecule has 1 aromatic heterocycles. The minimum absolute atomic E-state index is 0.0461. The van der Waals surface area contributed by atoms with Gasteiger partial charge >= 0.3 is 6.03 Å². The van der Waals surface area contributed by atoms with Gasteiger partial charge in [-0.3, -0.25) is 4.79 Å². The van der Waals surface area contributed by atoms with Gasteiger partial charge in [-0.2, -0.15) is 0 Å². The average Bonchev–Trinajstić information content (AvgIpc) is 3.78. The van der Waals surface area contributed by atoms with E-state index in [4.69, 9.17) is 9.47 Å². The molecule has 3 fully saturated rings. The van der Waals surface area contributed by atoms with Crippen molar-refractivity contribution in [2.45, 2.75) is 90.0 Å². The molecule has 1 heterocycles. The van der Waals surface area contributed by atoms with E-state index >= 15 is 4.79 Å². The van der Waals surface area contributed by atoms with Crippen molar-refractivity contribution in [3.05, 3.63) is 119 Å². The van der Waals surface area contributed by atoms with E-state index in [-0.39, 0.29) is 48.2 Å². The number of methoxy groups -OCH3 is 2. The minimum atomic E-state index is -1.25. The standard InChI is InChI=1S/C49H56N2O6S/c1-31(32-11-7-6-8-12-32)50-44(54)51(29-34-15-16-36(56-4)26-38(34)57-5)30-48(55)22-19-42-46(48,3)21-18-41-45(2)20-17-35(52)27-47(45)23-24-49(41,42)37(28-47)43(53)40-25-33-13-9-10-14-39(33)58-40/h6-16,23-26,28,31,35,41-42,52,55H,17-22,27,29-30H2,1-5H3,(H,50,54). The van der Waals surface area contributed by atoms with E-state index in [1.807, 2.05) is 73.7 Å². The number of carbonyl (C=O) groups is 2. The first-order chi connectivity index (χ1) is 27.8. The van der Waals surface area contributed by atoms with Crippen LogP contribution in [0.5, 0.6) is 11.5 Å². The quantitative estimate of drug-likeness (QED) is 0.109. The van der Waals surface area contributed by atoms with Crippen molar-refractivity contribution in [1.29, 1.82) is 0 Å². The Kier molecular flexibility index (Phi) is 9.49. The van der Waals surface area contributed by atoms with Crippen LogP contribution >= 0.6 is 11.3 Å². The summed E-state index contributed by atoms with van der Waals surface area (Å²) >= 11 is 1.55. The normalized spacial score (nSPS) is 33.7. The number of ether oxygens (including phenoxy) is 2. The van der Waals surface area contributed by atoms with Crippen LogP contribution in [0, 0.1) is 33.5 Å². The Balaban J connectivity index is 1.11. The molecule has 2 spiro atoms. The first kappa shape index (κ1) is 39.0. The number of ketones is 1. The topological polar surface area (TPSA) is 108 Å². The average molecular weight is 801 g/mol. The van der Waals surface area contributed by atoms with Gasteiger partial charge in [0.25, 0.3) is 0 Å². The van der Waals surface area contributed by atoms with Gasteiger partial charge in [0.1, 0.15) is 11.5 Å². The van der Waals surface area contributed by atoms with Gasteiger partial charge in [-0.25, -0.2) is 4.79 Å². The van der Waals surface area contributed by atoms with Gasteiger partial charge in [-0.15, -0.1) is 11.3 Å². The number of Topliss-reactive ketones (excluding diaryl/α,β-unsaturated/α-hetero) is 1. The minimum Gasteiger partial charge on any atom is -0.497 e. The van der Waals surface area contributed by atoms with Gasteiger partial charge in [0, 0.05) is 38.1 Å². The predicted molar refractivity (Wildman–Crippen MR) is 228 cm³/mol. The van der Waals surface area contributed by atoms with Crippen molar-refractivity contribution in [3.8, 4) is 11.5 Å². The van der Waals surface area contributed by atoms with E-state index in [0.29, 0.717) is 24.3 Å². The van der Waals surface area contributed by atoms with E-state index < -0.39 is 27.9 Å². The lowest BCUT2D eigenvalue weighted by molar-refractivity contribution is -0.174. The number of benzene rings is 3. The lowest BCUT2D eigenvalue weighted by Crippen LogP contribution is -2.67. The smallest absolute Gasteiger partial charge is 0.318 e. The lowest BCUT2D eigenvalue weighted by Gasteiger charge is -2.71. The Hall–Kier alpha value is -4.44. The van der Waals surface area contributed by atoms with E-state index in [0.717, 1.165) is 63.8 Å². The molecule has 58 heavy (non-hydrogen) atoms. The second-order valence-electron chi connectivity index (χ2n) is 18.4. The number of thiophene rings is 1. The van der Waals surface area contributed by atoms with Gasteiger partial charge in [-0.1, -0.05) is 80.6 Å². The van der Waals surface area contributed by atoms with E-state index in [1.54, 1.807) is 30.5 Å². The second-order valence-corrected chi connectivity index (χ2v) is 19.5. The number of aliphatic hydroxyl groups is 2. The zero-order valence-electron chi connectivity index (χ0n) is 34.3. The highest BCUT2D eigenvalue weighted by Gasteiger charge is 2.74. The molecule has 3 saturated carbocycles. The van der Waals surface area contributed by atoms with Gasteiger partial charge in [0.05, 0.1) is 49.9 Å². The summed E-state index contributed by atoms with van der Waals surface area (Å²) in [6, 6.07) is 25.2. The van der Waals surface area contributed by atoms with Gasteiger partial charge < -0.3 is 29.9 Å². The Morgan fingerprint density at radius 3 is 2.38 bits per heavy atom. The number of fused-ring (bicyclic) bond motifs is 2. The first-order valence-corrected chi connectivity index (χ1v) is 21.8. The maximum absolute atomic E-state index is 15.2. The molecule has 2 bridgehead atoms. The summed E-state index contributed by atoms with van der Waals surface area (Å²) in [7, 11) is 3.23. The fourth-order valence-corrected chi connectivity index (χ4v) is 13.6. The number of nitrogens with one attached hydrogen (secondary N) is 1. The molecule has 3 aromatic carbocycles. The van der Waals surface area contributed by atoms with Crippen molar-refractivity contribution < 1.29 is 29.3 Å². The number of rotatable bonds is 10. The number of allylic oxidation sites excluding steroid dienone is 4. The summed E-state index contributed by atoms with van der Waals surface area (Å²) in [5.41, 5.74) is -0.388. The van der Waals surface area contributed by atoms with Crippen LogP contribution in [0.4, 0.5) is 4.79 Å². The molecule has 6 aliphatic rings. The predicted octanol–water partition coefficient (Wildman–Crippen LogP) is 9.67. The summed E-state index contributed by atoms with van der Waals surface area (Å²) in [5, 5.41) is 28.8. The number of aliphatic hydroxyl groups excluding tert-OH is 1. The third-order valence-electron chi connectivity index (χ3n) is 15.8. The van der Waals surface area contributed by atoms with Crippen molar-refractivity contribution in [1.82, 2.24) is 10.2 Å². The van der Waals surface area contributed by atoms with Crippen LogP contribution in [-0.2, 0) is 6.54 Å². The van der Waals surface area contributed by atoms with Crippen LogP contribution in [0.15, 0.2) is 103 Å². The summed E-state index contributed by atoms with van der Waals surface area (Å²) in [4.78, 5) is 32.3. The monoisotopic (exact) mass is 800 g/mol. The third kappa shape index (κ3) is 5.74. The zero-order chi connectivity index (χ0) is 40.7. The highest BCUT2D eigenvalue weighted by Crippen LogP contribution is 2.78. The molecule has 8 nitrogen and oxygen atoms in total. The number of nitrogens with zero attached hydrogens (tertiary/aromatic N) is 1. The summed E-state index contributed by atoms with van der Waals surface area (Å²) in [6.07, 6.45) is 11.6. The van der Waals surface area contributed by atoms with Crippen LogP contribution in [-0.4, -0.2) is 59.4 Å². The summed E-state index contributed by atoms with van der Waals surface area (Å²) in [6.45, 7) is 6.95. The molecule has 2 amide bonds. The fourth-order valence-electron chi connectivity index (χ4n) is 12.6. The van der Waals surface area contributed by atoms with Crippen molar-refractivity contribution in [2.24, 2.45) is 33.5 Å². The SMILES string of the molecule is COc1ccc(CN(CC2(O)CCC3C45C=CC6(C=C4C(=O)c4cc7ccccc7s4)CC(O)CCC6(C)C5CCC32C)C(=O)NC(C)c2ccccc2)c(OC)c1. The number of carbonyl (C=O) groups excluding carboxylic acids is 2. The van der Waals surface area contributed by atoms with Crippen LogP contribution in [0.25, 0.3) is 10.1 Å². The van der Waals surface area contributed by atoms with Crippen LogP contribution in [0.1, 0.15) is 92.6 Å². The molecule has 0 aliphatic heterocycles. The van der Waals surface area contributed by atoms with Crippen LogP contribution < -0.4 is 14.8 Å². The maximum atomic E-state index is 15.2.